The molecule has 5 rings (SSSR count). The predicted octanol–water partition coefficient (Wildman–Crippen LogP) is 6.59. The highest BCUT2D eigenvalue weighted by Gasteiger charge is 2.41. The average Bonchev–Trinajstić information content (AvgIpc) is 3.25. The fourth-order valence-corrected chi connectivity index (χ4v) is 8.23. The Hall–Kier alpha value is -1.54. The first kappa shape index (κ1) is 26.1. The first-order chi connectivity index (χ1) is 17.4. The Balaban J connectivity index is 1.25. The van der Waals surface area contributed by atoms with Crippen molar-refractivity contribution >= 4 is 45.0 Å². The van der Waals surface area contributed by atoms with Crippen molar-refractivity contribution in [3.8, 4) is 0 Å². The molecule has 1 saturated heterocycles. The van der Waals surface area contributed by atoms with Gasteiger partial charge in [-0.25, -0.2) is 13.1 Å². The van der Waals surface area contributed by atoms with Gasteiger partial charge in [0.2, 0.25) is 10.0 Å². The SMILES string of the molecule is O=S(=O)(NC[C@H](CCN1CCC2(CC1)CSc1ccccc12)c1ccc(Cl)c(Cl)c1)c1ccccc1. The van der Waals surface area contributed by atoms with Crippen molar-refractivity contribution in [3.63, 3.8) is 0 Å². The lowest BCUT2D eigenvalue weighted by atomic mass is 9.74. The largest absolute Gasteiger partial charge is 0.303 e. The van der Waals surface area contributed by atoms with Crippen LogP contribution in [-0.4, -0.2) is 45.2 Å². The molecule has 2 aliphatic heterocycles. The van der Waals surface area contributed by atoms with Crippen LogP contribution in [0.1, 0.15) is 36.3 Å². The van der Waals surface area contributed by atoms with Gasteiger partial charge in [-0.05, 0) is 86.3 Å². The minimum atomic E-state index is -3.59. The summed E-state index contributed by atoms with van der Waals surface area (Å²) in [5.74, 6) is 1.16. The normalized spacial score (nSPS) is 18.3. The molecule has 0 aliphatic carbocycles. The van der Waals surface area contributed by atoms with E-state index < -0.39 is 10.0 Å². The zero-order chi connectivity index (χ0) is 25.2. The molecule has 0 bridgehead atoms. The summed E-state index contributed by atoms with van der Waals surface area (Å²) in [6.45, 7) is 3.32. The molecular formula is C28H30Cl2N2O2S2. The maximum Gasteiger partial charge on any atom is 0.240 e. The number of piperidine rings is 1. The minimum Gasteiger partial charge on any atom is -0.303 e. The molecule has 1 fully saturated rings. The second kappa shape index (κ2) is 11.1. The fourth-order valence-electron chi connectivity index (χ4n) is 5.33. The lowest BCUT2D eigenvalue weighted by Gasteiger charge is -2.40. The van der Waals surface area contributed by atoms with Crippen molar-refractivity contribution < 1.29 is 8.42 Å². The van der Waals surface area contributed by atoms with Crippen LogP contribution in [0.4, 0.5) is 0 Å². The summed E-state index contributed by atoms with van der Waals surface area (Å²) in [5.41, 5.74) is 2.82. The fraction of sp³-hybridized carbons (Fsp3) is 0.357. The van der Waals surface area contributed by atoms with Gasteiger partial charge in [-0.1, -0.05) is 65.7 Å². The lowest BCUT2D eigenvalue weighted by Crippen LogP contribution is -2.43. The van der Waals surface area contributed by atoms with Crippen molar-refractivity contribution in [1.29, 1.82) is 0 Å². The number of benzene rings is 3. The molecule has 1 spiro atoms. The summed E-state index contributed by atoms with van der Waals surface area (Å²) in [6, 6.07) is 23.0. The Morgan fingerprint density at radius 3 is 2.42 bits per heavy atom. The number of nitrogens with one attached hydrogen (secondary N) is 1. The first-order valence-corrected chi connectivity index (χ1v) is 15.5. The van der Waals surface area contributed by atoms with E-state index in [1.165, 1.54) is 16.2 Å². The molecule has 0 radical (unpaired) electrons. The number of hydrogen-bond donors (Lipinski definition) is 1. The summed E-state index contributed by atoms with van der Waals surface area (Å²) in [4.78, 5) is 4.23. The Labute approximate surface area is 228 Å². The lowest BCUT2D eigenvalue weighted by molar-refractivity contribution is 0.167. The molecule has 2 aliphatic rings. The van der Waals surface area contributed by atoms with Gasteiger partial charge < -0.3 is 4.90 Å². The zero-order valence-electron chi connectivity index (χ0n) is 20.0. The molecule has 1 atom stereocenters. The van der Waals surface area contributed by atoms with E-state index in [9.17, 15) is 8.42 Å². The van der Waals surface area contributed by atoms with Gasteiger partial charge in [0.25, 0.3) is 0 Å². The second-order valence-electron chi connectivity index (χ2n) is 9.73. The topological polar surface area (TPSA) is 49.4 Å². The standard InChI is InChI=1S/C28H30Cl2N2O2S2/c29-25-11-10-21(18-26(25)30)22(19-31-36(33,34)23-6-2-1-3-7-23)12-15-32-16-13-28(14-17-32)20-35-27-9-5-4-8-24(27)28/h1-11,18,22,31H,12-17,19-20H2/t22-/m0/s1. The van der Waals surface area contributed by atoms with Crippen LogP contribution in [0.2, 0.25) is 10.0 Å². The van der Waals surface area contributed by atoms with Crippen LogP contribution in [-0.2, 0) is 15.4 Å². The number of fused-ring (bicyclic) bond motifs is 2. The minimum absolute atomic E-state index is 0.0168. The molecular weight excluding hydrogens is 531 g/mol. The van der Waals surface area contributed by atoms with Gasteiger partial charge >= 0.3 is 0 Å². The van der Waals surface area contributed by atoms with Gasteiger partial charge in [-0.2, -0.15) is 0 Å². The molecule has 190 valence electrons. The van der Waals surface area contributed by atoms with Crippen LogP contribution >= 0.6 is 35.0 Å². The highest BCUT2D eigenvalue weighted by Crippen LogP contribution is 2.49. The van der Waals surface area contributed by atoms with Crippen LogP contribution in [0, 0.1) is 0 Å². The van der Waals surface area contributed by atoms with Crippen molar-refractivity contribution in [2.24, 2.45) is 0 Å². The van der Waals surface area contributed by atoms with Crippen LogP contribution in [0.5, 0.6) is 0 Å². The van der Waals surface area contributed by atoms with Crippen LogP contribution < -0.4 is 4.72 Å². The molecule has 3 aromatic carbocycles. The molecule has 0 unspecified atom stereocenters. The van der Waals surface area contributed by atoms with E-state index in [2.05, 4.69) is 33.9 Å². The van der Waals surface area contributed by atoms with Crippen molar-refractivity contribution in [3.05, 3.63) is 94.0 Å². The third-order valence-corrected chi connectivity index (χ3v) is 11.1. The van der Waals surface area contributed by atoms with E-state index in [0.29, 0.717) is 22.0 Å². The van der Waals surface area contributed by atoms with E-state index in [4.69, 9.17) is 23.2 Å². The van der Waals surface area contributed by atoms with E-state index in [1.54, 1.807) is 30.3 Å². The Morgan fingerprint density at radius 2 is 1.67 bits per heavy atom. The molecule has 0 aromatic heterocycles. The molecule has 4 nitrogen and oxygen atoms in total. The van der Waals surface area contributed by atoms with Gasteiger partial charge in [0.05, 0.1) is 14.9 Å². The van der Waals surface area contributed by atoms with Crippen LogP contribution in [0.25, 0.3) is 0 Å². The maximum absolute atomic E-state index is 12.9. The molecule has 2 heterocycles. The van der Waals surface area contributed by atoms with Gasteiger partial charge in [0, 0.05) is 22.6 Å². The van der Waals surface area contributed by atoms with E-state index in [-0.39, 0.29) is 10.8 Å². The summed E-state index contributed by atoms with van der Waals surface area (Å²) < 4.78 is 28.6. The summed E-state index contributed by atoms with van der Waals surface area (Å²) in [7, 11) is -3.59. The van der Waals surface area contributed by atoms with Crippen LogP contribution in [0.3, 0.4) is 0 Å². The second-order valence-corrected chi connectivity index (χ2v) is 13.3. The maximum atomic E-state index is 12.9. The number of likely N-dealkylation sites (tertiary alicyclic amines) is 1. The molecule has 0 amide bonds. The number of nitrogens with zero attached hydrogens (tertiary/aromatic N) is 1. The average molecular weight is 562 g/mol. The smallest absolute Gasteiger partial charge is 0.240 e. The monoisotopic (exact) mass is 560 g/mol. The number of halogens is 2. The van der Waals surface area contributed by atoms with Crippen molar-refractivity contribution in [1.82, 2.24) is 9.62 Å². The quantitative estimate of drug-likeness (QED) is 0.337. The van der Waals surface area contributed by atoms with Gasteiger partial charge in [-0.3, -0.25) is 0 Å². The highest BCUT2D eigenvalue weighted by molar-refractivity contribution is 7.99. The third kappa shape index (κ3) is 5.64. The Morgan fingerprint density at radius 1 is 0.944 bits per heavy atom. The number of rotatable bonds is 8. The Kier molecular flexibility index (Phi) is 8.01. The summed E-state index contributed by atoms with van der Waals surface area (Å²) in [6.07, 6.45) is 3.15. The van der Waals surface area contributed by atoms with E-state index in [0.717, 1.165) is 44.5 Å². The summed E-state index contributed by atoms with van der Waals surface area (Å²) >= 11 is 14.5. The zero-order valence-corrected chi connectivity index (χ0v) is 23.1. The highest BCUT2D eigenvalue weighted by atomic mass is 35.5. The molecule has 1 N–H and O–H groups in total. The molecule has 0 saturated carbocycles. The summed E-state index contributed by atoms with van der Waals surface area (Å²) in [5, 5.41) is 0.988. The van der Waals surface area contributed by atoms with Crippen LogP contribution in [0.15, 0.2) is 82.6 Å². The predicted molar refractivity (Wildman–Crippen MR) is 150 cm³/mol. The number of hydrogen-bond acceptors (Lipinski definition) is 4. The van der Waals surface area contributed by atoms with E-state index >= 15 is 0 Å². The molecule has 36 heavy (non-hydrogen) atoms. The molecule has 8 heteroatoms. The first-order valence-electron chi connectivity index (χ1n) is 12.3. The Bertz CT molecular complexity index is 1310. The van der Waals surface area contributed by atoms with E-state index in [1.807, 2.05) is 30.0 Å². The van der Waals surface area contributed by atoms with Crippen molar-refractivity contribution in [2.45, 2.75) is 40.4 Å². The van der Waals surface area contributed by atoms with Gasteiger partial charge in [-0.15, -0.1) is 11.8 Å². The molecule has 3 aromatic rings. The number of thioether (sulfide) groups is 1. The van der Waals surface area contributed by atoms with Gasteiger partial charge in [0.1, 0.15) is 0 Å². The van der Waals surface area contributed by atoms with Crippen molar-refractivity contribution in [2.75, 3.05) is 31.9 Å². The number of sulfonamides is 1. The third-order valence-electron chi connectivity index (χ3n) is 7.56. The van der Waals surface area contributed by atoms with Gasteiger partial charge in [0.15, 0.2) is 0 Å².